The highest BCUT2D eigenvalue weighted by atomic mass is 16.3. The Bertz CT molecular complexity index is 1090. The molecule has 4 rings (SSSR count). The van der Waals surface area contributed by atoms with Gasteiger partial charge in [-0.15, -0.1) is 0 Å². The summed E-state index contributed by atoms with van der Waals surface area (Å²) in [6.45, 7) is 3.72. The van der Waals surface area contributed by atoms with Crippen LogP contribution < -0.4 is 10.6 Å². The zero-order chi connectivity index (χ0) is 18.3. The number of hydrazone groups is 1. The van der Waals surface area contributed by atoms with Crippen molar-refractivity contribution in [2.45, 2.75) is 26.7 Å². The van der Waals surface area contributed by atoms with Crippen LogP contribution in [0.5, 0.6) is 0 Å². The number of carbonyl (C=O) groups excluding carboxylic acids is 2. The van der Waals surface area contributed by atoms with Crippen molar-refractivity contribution >= 4 is 23.6 Å². The van der Waals surface area contributed by atoms with Gasteiger partial charge in [-0.3, -0.25) is 9.59 Å². The fourth-order valence-corrected chi connectivity index (χ4v) is 3.06. The lowest BCUT2D eigenvalue weighted by molar-refractivity contribution is -0.128. The van der Waals surface area contributed by atoms with Crippen molar-refractivity contribution in [3.8, 4) is 0 Å². The fraction of sp³-hybridized carbons (Fsp3) is 0.200. The lowest BCUT2D eigenvalue weighted by atomic mass is 10.0. The van der Waals surface area contributed by atoms with E-state index in [-0.39, 0.29) is 18.2 Å². The molecule has 0 saturated heterocycles. The highest BCUT2D eigenvalue weighted by Crippen LogP contribution is 2.28. The second-order valence-electron chi connectivity index (χ2n) is 6.24. The second kappa shape index (κ2) is 6.22. The molecule has 1 aromatic heterocycles. The first-order valence-electron chi connectivity index (χ1n) is 8.45. The summed E-state index contributed by atoms with van der Waals surface area (Å²) < 4.78 is 5.40. The molecule has 0 saturated carbocycles. The smallest absolute Gasteiger partial charge is 0.279 e. The van der Waals surface area contributed by atoms with Crippen LogP contribution in [0.15, 0.2) is 62.4 Å². The van der Waals surface area contributed by atoms with Crippen molar-refractivity contribution < 1.29 is 14.0 Å². The van der Waals surface area contributed by atoms with Crippen LogP contribution in [-0.4, -0.2) is 22.5 Å². The molecule has 6 heteroatoms. The van der Waals surface area contributed by atoms with Gasteiger partial charge in [-0.05, 0) is 36.8 Å². The molecule has 0 N–H and O–H groups in total. The number of benzene rings is 1. The number of rotatable bonds is 2. The molecule has 3 heterocycles. The number of carbonyl (C=O) groups is 2. The third kappa shape index (κ3) is 2.69. The lowest BCUT2D eigenvalue weighted by Crippen LogP contribution is -2.32. The minimum absolute atomic E-state index is 0.176. The average Bonchev–Trinajstić information content (AvgIpc) is 3.30. The molecule has 0 unspecified atom stereocenters. The van der Waals surface area contributed by atoms with Gasteiger partial charge in [0.2, 0.25) is 5.91 Å². The molecule has 130 valence electrons. The molecule has 0 radical (unpaired) electrons. The van der Waals surface area contributed by atoms with Gasteiger partial charge < -0.3 is 4.42 Å². The van der Waals surface area contributed by atoms with Crippen LogP contribution in [0.3, 0.4) is 0 Å². The summed E-state index contributed by atoms with van der Waals surface area (Å²) in [4.78, 5) is 29.2. The normalized spacial score (nSPS) is 18.9. The van der Waals surface area contributed by atoms with Gasteiger partial charge >= 0.3 is 0 Å². The van der Waals surface area contributed by atoms with E-state index >= 15 is 0 Å². The molecule has 26 heavy (non-hydrogen) atoms. The van der Waals surface area contributed by atoms with E-state index in [1.165, 1.54) is 5.01 Å². The Morgan fingerprint density at radius 1 is 1.31 bits per heavy atom. The third-order valence-electron chi connectivity index (χ3n) is 4.40. The van der Waals surface area contributed by atoms with Crippen LogP contribution >= 0.6 is 0 Å². The molecule has 1 aromatic carbocycles. The Hall–Kier alpha value is -3.28. The Labute approximate surface area is 149 Å². The molecule has 0 spiro atoms. The van der Waals surface area contributed by atoms with Gasteiger partial charge in [0.05, 0.1) is 22.9 Å². The molecular formula is C20H17N3O3. The van der Waals surface area contributed by atoms with Crippen LogP contribution in [0.25, 0.3) is 6.08 Å². The molecule has 0 fully saturated rings. The summed E-state index contributed by atoms with van der Waals surface area (Å²) in [5.41, 5.74) is 2.60. The molecule has 0 atom stereocenters. The zero-order valence-electron chi connectivity index (χ0n) is 14.5. The van der Waals surface area contributed by atoms with Gasteiger partial charge in [-0.25, -0.2) is 10.0 Å². The predicted molar refractivity (Wildman–Crippen MR) is 95.5 cm³/mol. The summed E-state index contributed by atoms with van der Waals surface area (Å²) in [6.07, 6.45) is 3.97. The SMILES string of the molecule is CCC(=O)N1N=C(c2ccco2)C/C1=C1/C=c2ccc(C)cc2=NC1=O. The number of furan rings is 1. The topological polar surface area (TPSA) is 75.2 Å². The first kappa shape index (κ1) is 16.2. The van der Waals surface area contributed by atoms with Gasteiger partial charge in [-0.2, -0.15) is 5.10 Å². The second-order valence-corrected chi connectivity index (χ2v) is 6.24. The van der Waals surface area contributed by atoms with E-state index in [9.17, 15) is 9.59 Å². The van der Waals surface area contributed by atoms with Crippen LogP contribution in [-0.2, 0) is 9.59 Å². The van der Waals surface area contributed by atoms with E-state index in [4.69, 9.17) is 4.42 Å². The molecule has 2 amide bonds. The monoisotopic (exact) mass is 347 g/mol. The van der Waals surface area contributed by atoms with Gasteiger partial charge in [0.15, 0.2) is 0 Å². The summed E-state index contributed by atoms with van der Waals surface area (Å²) in [6, 6.07) is 9.32. The predicted octanol–water partition coefficient (Wildman–Crippen LogP) is 1.83. The largest absolute Gasteiger partial charge is 0.463 e. The summed E-state index contributed by atoms with van der Waals surface area (Å²) in [5.74, 6) is 0.0542. The molecule has 2 aliphatic rings. The minimum atomic E-state index is -0.358. The van der Waals surface area contributed by atoms with Crippen molar-refractivity contribution in [1.82, 2.24) is 5.01 Å². The van der Waals surface area contributed by atoms with E-state index < -0.39 is 0 Å². The number of aryl methyl sites for hydroxylation is 1. The van der Waals surface area contributed by atoms with Gasteiger partial charge in [0.25, 0.3) is 5.91 Å². The van der Waals surface area contributed by atoms with E-state index in [1.807, 2.05) is 25.1 Å². The zero-order valence-corrected chi connectivity index (χ0v) is 14.5. The standard InChI is InChI=1S/C20H17N3O3/c1-3-19(24)23-17(11-16(22-23)18-5-4-8-26-18)14-10-13-7-6-12(2)9-15(13)21-20(14)25/h4-10H,3,11H2,1-2H3/b17-14+. The third-order valence-corrected chi connectivity index (χ3v) is 4.40. The fourth-order valence-electron chi connectivity index (χ4n) is 3.06. The Morgan fingerprint density at radius 2 is 2.15 bits per heavy atom. The first-order valence-corrected chi connectivity index (χ1v) is 8.45. The molecule has 2 aromatic rings. The number of nitrogens with zero attached hydrogens (tertiary/aromatic N) is 3. The Balaban J connectivity index is 1.86. The van der Waals surface area contributed by atoms with Crippen LogP contribution in [0, 0.1) is 6.92 Å². The highest BCUT2D eigenvalue weighted by molar-refractivity contribution is 6.08. The maximum atomic E-state index is 12.6. The van der Waals surface area contributed by atoms with Crippen molar-refractivity contribution in [2.24, 2.45) is 10.1 Å². The van der Waals surface area contributed by atoms with Gasteiger partial charge in [0, 0.05) is 18.1 Å². The maximum absolute atomic E-state index is 12.6. The molecule has 0 bridgehead atoms. The van der Waals surface area contributed by atoms with E-state index in [0.29, 0.717) is 34.5 Å². The maximum Gasteiger partial charge on any atom is 0.279 e. The molecular weight excluding hydrogens is 330 g/mol. The van der Waals surface area contributed by atoms with E-state index in [1.54, 1.807) is 31.4 Å². The Morgan fingerprint density at radius 3 is 2.88 bits per heavy atom. The molecule has 6 nitrogen and oxygen atoms in total. The van der Waals surface area contributed by atoms with Crippen molar-refractivity contribution in [3.05, 3.63) is 69.8 Å². The van der Waals surface area contributed by atoms with Crippen molar-refractivity contribution in [1.29, 1.82) is 0 Å². The average molecular weight is 347 g/mol. The summed E-state index contributed by atoms with van der Waals surface area (Å²) in [5, 5.41) is 7.22. The number of hydrogen-bond acceptors (Lipinski definition) is 4. The molecule has 2 aliphatic heterocycles. The summed E-state index contributed by atoms with van der Waals surface area (Å²) >= 11 is 0. The quantitative estimate of drug-likeness (QED) is 0.778. The number of amides is 2. The molecule has 0 aliphatic carbocycles. The number of allylic oxidation sites excluding steroid dienone is 1. The number of hydrogen-bond donors (Lipinski definition) is 0. The van der Waals surface area contributed by atoms with Crippen LogP contribution in [0.4, 0.5) is 0 Å². The Kier molecular flexibility index (Phi) is 3.88. The highest BCUT2D eigenvalue weighted by Gasteiger charge is 2.31. The van der Waals surface area contributed by atoms with Gasteiger partial charge in [-0.1, -0.05) is 19.1 Å². The van der Waals surface area contributed by atoms with Crippen molar-refractivity contribution in [3.63, 3.8) is 0 Å². The summed E-state index contributed by atoms with van der Waals surface area (Å²) in [7, 11) is 0. The van der Waals surface area contributed by atoms with E-state index in [0.717, 1.165) is 10.8 Å². The minimum Gasteiger partial charge on any atom is -0.463 e. The van der Waals surface area contributed by atoms with Crippen LogP contribution in [0.2, 0.25) is 0 Å². The van der Waals surface area contributed by atoms with Crippen molar-refractivity contribution in [2.75, 3.05) is 0 Å². The first-order chi connectivity index (χ1) is 12.6. The van der Waals surface area contributed by atoms with Gasteiger partial charge in [0.1, 0.15) is 11.5 Å². The lowest BCUT2D eigenvalue weighted by Gasteiger charge is -2.16. The number of fused-ring (bicyclic) bond motifs is 1. The van der Waals surface area contributed by atoms with E-state index in [2.05, 4.69) is 10.1 Å². The van der Waals surface area contributed by atoms with Crippen LogP contribution in [0.1, 0.15) is 31.1 Å².